The van der Waals surface area contributed by atoms with E-state index in [-0.39, 0.29) is 5.69 Å². The second-order valence-corrected chi connectivity index (χ2v) is 4.90. The van der Waals surface area contributed by atoms with E-state index in [1.807, 2.05) is 0 Å². The van der Waals surface area contributed by atoms with E-state index in [1.54, 1.807) is 36.4 Å². The van der Waals surface area contributed by atoms with Crippen LogP contribution in [-0.4, -0.2) is 18.0 Å². The molecule has 2 aromatic rings. The summed E-state index contributed by atoms with van der Waals surface area (Å²) < 4.78 is 4.62. The second-order valence-electron chi connectivity index (χ2n) is 4.46. The molecule has 7 heteroatoms. The number of anilines is 1. The lowest BCUT2D eigenvalue weighted by Crippen LogP contribution is -2.04. The summed E-state index contributed by atoms with van der Waals surface area (Å²) >= 11 is 5.76. The third kappa shape index (κ3) is 3.73. The number of carbonyl (C=O) groups excluding carboxylic acids is 1. The van der Waals surface area contributed by atoms with Gasteiger partial charge in [-0.1, -0.05) is 23.7 Å². The molecule has 114 valence electrons. The molecule has 0 amide bonds. The van der Waals surface area contributed by atoms with Crippen LogP contribution >= 0.6 is 11.6 Å². The summed E-state index contributed by atoms with van der Waals surface area (Å²) in [7, 11) is 1.32. The summed E-state index contributed by atoms with van der Waals surface area (Å²) in [6.07, 6.45) is 0. The Labute approximate surface area is 131 Å². The number of carbonyl (C=O) groups is 1. The number of nitro groups is 1. The fourth-order valence-electron chi connectivity index (χ4n) is 1.88. The summed E-state index contributed by atoms with van der Waals surface area (Å²) in [5.74, 6) is -0.409. The van der Waals surface area contributed by atoms with Gasteiger partial charge in [-0.15, -0.1) is 0 Å². The van der Waals surface area contributed by atoms with E-state index in [9.17, 15) is 14.9 Å². The summed E-state index contributed by atoms with van der Waals surface area (Å²) in [5, 5.41) is 14.3. The number of benzene rings is 2. The highest BCUT2D eigenvalue weighted by atomic mass is 35.5. The van der Waals surface area contributed by atoms with E-state index in [2.05, 4.69) is 10.1 Å². The van der Waals surface area contributed by atoms with Gasteiger partial charge < -0.3 is 10.1 Å². The summed E-state index contributed by atoms with van der Waals surface area (Å²) in [5.41, 5.74) is 1.62. The monoisotopic (exact) mass is 320 g/mol. The molecule has 0 aliphatic rings. The van der Waals surface area contributed by atoms with Crippen LogP contribution in [0.25, 0.3) is 0 Å². The van der Waals surface area contributed by atoms with E-state index in [0.29, 0.717) is 22.8 Å². The van der Waals surface area contributed by atoms with Crippen LogP contribution in [0.15, 0.2) is 42.5 Å². The molecule has 0 saturated heterocycles. The number of esters is 1. The molecule has 0 saturated carbocycles. The standard InChI is InChI=1S/C15H13ClN2O4/c1-22-15(19)11-4-2-10(3-5-11)9-17-13-7-6-12(16)8-14(13)18(20)21/h2-8,17H,9H2,1H3. The van der Waals surface area contributed by atoms with Crippen molar-refractivity contribution in [1.82, 2.24) is 0 Å². The van der Waals surface area contributed by atoms with E-state index >= 15 is 0 Å². The quantitative estimate of drug-likeness (QED) is 0.516. The van der Waals surface area contributed by atoms with Crippen molar-refractivity contribution in [3.8, 4) is 0 Å². The maximum Gasteiger partial charge on any atom is 0.337 e. The Hall–Kier alpha value is -2.60. The van der Waals surface area contributed by atoms with Crippen molar-refractivity contribution in [2.24, 2.45) is 0 Å². The Bertz CT molecular complexity index is 701. The predicted octanol–water partition coefficient (Wildman–Crippen LogP) is 3.65. The summed E-state index contributed by atoms with van der Waals surface area (Å²) in [6, 6.07) is 11.2. The van der Waals surface area contributed by atoms with Crippen molar-refractivity contribution >= 4 is 28.9 Å². The minimum atomic E-state index is -0.492. The molecule has 0 fully saturated rings. The van der Waals surface area contributed by atoms with Gasteiger partial charge in [0.05, 0.1) is 17.6 Å². The van der Waals surface area contributed by atoms with Crippen LogP contribution in [0.2, 0.25) is 5.02 Å². The van der Waals surface area contributed by atoms with Gasteiger partial charge in [0.1, 0.15) is 5.69 Å². The normalized spacial score (nSPS) is 10.1. The minimum Gasteiger partial charge on any atom is -0.465 e. The van der Waals surface area contributed by atoms with Gasteiger partial charge in [-0.25, -0.2) is 4.79 Å². The van der Waals surface area contributed by atoms with Gasteiger partial charge in [0.15, 0.2) is 0 Å². The summed E-state index contributed by atoms with van der Waals surface area (Å²) in [4.78, 5) is 21.8. The van der Waals surface area contributed by atoms with Gasteiger partial charge in [0.2, 0.25) is 0 Å². The van der Waals surface area contributed by atoms with Crippen LogP contribution in [0.1, 0.15) is 15.9 Å². The smallest absolute Gasteiger partial charge is 0.337 e. The van der Waals surface area contributed by atoms with E-state index < -0.39 is 10.9 Å². The SMILES string of the molecule is COC(=O)c1ccc(CNc2ccc(Cl)cc2[N+](=O)[O-])cc1. The molecular formula is C15H13ClN2O4. The average Bonchev–Trinajstić information content (AvgIpc) is 2.53. The predicted molar refractivity (Wildman–Crippen MR) is 83.2 cm³/mol. The van der Waals surface area contributed by atoms with Gasteiger partial charge in [-0.05, 0) is 29.8 Å². The van der Waals surface area contributed by atoms with Gasteiger partial charge in [-0.2, -0.15) is 0 Å². The Morgan fingerprint density at radius 1 is 1.27 bits per heavy atom. The third-order valence-corrected chi connectivity index (χ3v) is 3.25. The highest BCUT2D eigenvalue weighted by molar-refractivity contribution is 6.30. The Kier molecular flexibility index (Phi) is 4.95. The van der Waals surface area contributed by atoms with Crippen molar-refractivity contribution in [1.29, 1.82) is 0 Å². The molecular weight excluding hydrogens is 308 g/mol. The number of hydrogen-bond acceptors (Lipinski definition) is 5. The first-order valence-electron chi connectivity index (χ1n) is 6.36. The molecule has 6 nitrogen and oxygen atoms in total. The molecule has 0 aliphatic heterocycles. The molecule has 0 unspecified atom stereocenters. The highest BCUT2D eigenvalue weighted by Gasteiger charge is 2.14. The average molecular weight is 321 g/mol. The number of methoxy groups -OCH3 is 1. The lowest BCUT2D eigenvalue weighted by Gasteiger charge is -2.08. The van der Waals surface area contributed by atoms with Gasteiger partial charge in [0, 0.05) is 17.6 Å². The lowest BCUT2D eigenvalue weighted by molar-refractivity contribution is -0.383. The van der Waals surface area contributed by atoms with Crippen molar-refractivity contribution < 1.29 is 14.5 Å². The van der Waals surface area contributed by atoms with E-state index in [0.717, 1.165) is 5.56 Å². The zero-order valence-electron chi connectivity index (χ0n) is 11.7. The molecule has 0 spiro atoms. The number of nitro benzene ring substituents is 1. The Morgan fingerprint density at radius 3 is 2.55 bits per heavy atom. The maximum absolute atomic E-state index is 11.3. The highest BCUT2D eigenvalue weighted by Crippen LogP contribution is 2.28. The molecule has 0 aromatic heterocycles. The molecule has 2 rings (SSSR count). The zero-order chi connectivity index (χ0) is 16.1. The van der Waals surface area contributed by atoms with E-state index in [4.69, 9.17) is 11.6 Å². The molecule has 0 bridgehead atoms. The number of rotatable bonds is 5. The first kappa shape index (κ1) is 15.8. The molecule has 0 radical (unpaired) electrons. The Morgan fingerprint density at radius 2 is 1.95 bits per heavy atom. The largest absolute Gasteiger partial charge is 0.465 e. The van der Waals surface area contributed by atoms with E-state index in [1.165, 1.54) is 13.2 Å². The fourth-order valence-corrected chi connectivity index (χ4v) is 2.05. The number of halogens is 1. The number of ether oxygens (including phenoxy) is 1. The van der Waals surface area contributed by atoms with Crippen molar-refractivity contribution in [3.63, 3.8) is 0 Å². The van der Waals surface area contributed by atoms with Crippen molar-refractivity contribution in [3.05, 3.63) is 68.7 Å². The first-order chi connectivity index (χ1) is 10.5. The number of nitrogens with zero attached hydrogens (tertiary/aromatic N) is 1. The zero-order valence-corrected chi connectivity index (χ0v) is 12.5. The van der Waals surface area contributed by atoms with Crippen LogP contribution in [0, 0.1) is 10.1 Å². The van der Waals surface area contributed by atoms with Crippen molar-refractivity contribution in [2.75, 3.05) is 12.4 Å². The molecule has 2 aromatic carbocycles. The van der Waals surface area contributed by atoms with Gasteiger partial charge in [0.25, 0.3) is 5.69 Å². The Balaban J connectivity index is 2.10. The fraction of sp³-hybridized carbons (Fsp3) is 0.133. The van der Waals surface area contributed by atoms with Crippen molar-refractivity contribution in [2.45, 2.75) is 6.54 Å². The van der Waals surface area contributed by atoms with Crippen LogP contribution in [-0.2, 0) is 11.3 Å². The molecule has 0 aliphatic carbocycles. The summed E-state index contributed by atoms with van der Waals surface area (Å²) in [6.45, 7) is 0.379. The topological polar surface area (TPSA) is 81.5 Å². The van der Waals surface area contributed by atoms with Crippen LogP contribution in [0.5, 0.6) is 0 Å². The van der Waals surface area contributed by atoms with Crippen LogP contribution in [0.3, 0.4) is 0 Å². The molecule has 0 heterocycles. The molecule has 22 heavy (non-hydrogen) atoms. The number of hydrogen-bond donors (Lipinski definition) is 1. The number of nitrogens with one attached hydrogen (secondary N) is 1. The van der Waals surface area contributed by atoms with Crippen LogP contribution in [0.4, 0.5) is 11.4 Å². The second kappa shape index (κ2) is 6.91. The molecule has 1 N–H and O–H groups in total. The van der Waals surface area contributed by atoms with Gasteiger partial charge in [-0.3, -0.25) is 10.1 Å². The van der Waals surface area contributed by atoms with Crippen LogP contribution < -0.4 is 5.32 Å². The molecule has 0 atom stereocenters. The maximum atomic E-state index is 11.3. The lowest BCUT2D eigenvalue weighted by atomic mass is 10.1. The van der Waals surface area contributed by atoms with Gasteiger partial charge >= 0.3 is 5.97 Å². The third-order valence-electron chi connectivity index (χ3n) is 3.01. The minimum absolute atomic E-state index is 0.0846. The first-order valence-corrected chi connectivity index (χ1v) is 6.74.